The number of carbonyl (C=O) groups is 1. The Morgan fingerprint density at radius 3 is 2.52 bits per heavy atom. The van der Waals surface area contributed by atoms with Crippen molar-refractivity contribution in [3.63, 3.8) is 0 Å². The summed E-state index contributed by atoms with van der Waals surface area (Å²) in [4.78, 5) is 17.7. The minimum Gasteiger partial charge on any atom is -0.355 e. The second kappa shape index (κ2) is 8.72. The number of rotatable bonds is 4. The quantitative estimate of drug-likeness (QED) is 0.732. The summed E-state index contributed by atoms with van der Waals surface area (Å²) in [6.45, 7) is 0.528. The van der Waals surface area contributed by atoms with Gasteiger partial charge in [0.15, 0.2) is 0 Å². The highest BCUT2D eigenvalue weighted by atomic mass is 35.5. The standard InChI is InChI=1S/C19H16ClF3N4O3S/c20-16-9-14(19(21,22)23)11-25-17(16)27-6-4-13(5-7-27)18(28)26-31(29,30)15-3-1-2-12(8-15)10-24/h1-3,8-9,11,13H,4-7H2,(H,26,28). The molecule has 2 heterocycles. The molecule has 0 aliphatic carbocycles. The van der Waals surface area contributed by atoms with Crippen LogP contribution in [-0.2, 0) is 21.0 Å². The predicted molar refractivity (Wildman–Crippen MR) is 106 cm³/mol. The van der Waals surface area contributed by atoms with Crippen molar-refractivity contribution in [1.29, 1.82) is 5.26 Å². The molecule has 1 N–H and O–H groups in total. The topological polar surface area (TPSA) is 103 Å². The normalized spacial score (nSPS) is 15.4. The third kappa shape index (κ3) is 5.26. The first-order valence-corrected chi connectivity index (χ1v) is 10.9. The van der Waals surface area contributed by atoms with Crippen LogP contribution in [0.2, 0.25) is 5.02 Å². The van der Waals surface area contributed by atoms with Crippen molar-refractivity contribution in [2.24, 2.45) is 5.92 Å². The van der Waals surface area contributed by atoms with Crippen LogP contribution in [0.4, 0.5) is 19.0 Å². The molecule has 0 saturated carbocycles. The number of nitriles is 1. The number of sulfonamides is 1. The van der Waals surface area contributed by atoms with Crippen LogP contribution in [-0.4, -0.2) is 32.4 Å². The molecular formula is C19H16ClF3N4O3S. The fraction of sp³-hybridized carbons (Fsp3) is 0.316. The van der Waals surface area contributed by atoms with Crippen LogP contribution < -0.4 is 9.62 Å². The van der Waals surface area contributed by atoms with E-state index in [1.54, 1.807) is 4.90 Å². The molecule has 1 fully saturated rings. The summed E-state index contributed by atoms with van der Waals surface area (Å²) in [5.74, 6) is -1.12. The number of anilines is 1. The van der Waals surface area contributed by atoms with Crippen LogP contribution in [0.15, 0.2) is 41.4 Å². The van der Waals surface area contributed by atoms with Crippen LogP contribution >= 0.6 is 11.6 Å². The third-order valence-corrected chi connectivity index (χ3v) is 6.45. The first-order valence-electron chi connectivity index (χ1n) is 9.06. The Balaban J connectivity index is 1.64. The van der Waals surface area contributed by atoms with Gasteiger partial charge in [0.25, 0.3) is 10.0 Å². The van der Waals surface area contributed by atoms with Crippen LogP contribution in [0.3, 0.4) is 0 Å². The molecule has 7 nitrogen and oxygen atoms in total. The first kappa shape index (κ1) is 22.8. The number of amides is 1. The smallest absolute Gasteiger partial charge is 0.355 e. The fourth-order valence-electron chi connectivity index (χ4n) is 3.18. The summed E-state index contributed by atoms with van der Waals surface area (Å²) in [5, 5.41) is 8.74. The van der Waals surface area contributed by atoms with Gasteiger partial charge in [-0.25, -0.2) is 18.1 Å². The summed E-state index contributed by atoms with van der Waals surface area (Å²) < 4.78 is 65.2. The number of halogens is 4. The molecular weight excluding hydrogens is 457 g/mol. The summed E-state index contributed by atoms with van der Waals surface area (Å²) in [6, 6.07) is 7.91. The average Bonchev–Trinajstić information content (AvgIpc) is 2.73. The lowest BCUT2D eigenvalue weighted by Crippen LogP contribution is -2.42. The third-order valence-electron chi connectivity index (χ3n) is 4.82. The SMILES string of the molecule is N#Cc1cccc(S(=O)(=O)NC(=O)C2CCN(c3ncc(C(F)(F)F)cc3Cl)CC2)c1. The number of benzene rings is 1. The molecule has 0 spiro atoms. The van der Waals surface area contributed by atoms with E-state index in [0.29, 0.717) is 6.20 Å². The van der Waals surface area contributed by atoms with E-state index in [2.05, 4.69) is 4.98 Å². The molecule has 1 saturated heterocycles. The maximum atomic E-state index is 12.8. The van der Waals surface area contributed by atoms with E-state index in [1.165, 1.54) is 18.2 Å². The summed E-state index contributed by atoms with van der Waals surface area (Å²) in [7, 11) is -4.14. The highest BCUT2D eigenvalue weighted by Crippen LogP contribution is 2.34. The van der Waals surface area contributed by atoms with Gasteiger partial charge in [-0.2, -0.15) is 18.4 Å². The van der Waals surface area contributed by atoms with Gasteiger partial charge in [0.05, 0.1) is 27.1 Å². The summed E-state index contributed by atoms with van der Waals surface area (Å²) >= 11 is 5.96. The second-order valence-corrected chi connectivity index (χ2v) is 8.99. The molecule has 12 heteroatoms. The van der Waals surface area contributed by atoms with E-state index >= 15 is 0 Å². The highest BCUT2D eigenvalue weighted by Gasteiger charge is 2.33. The zero-order valence-corrected chi connectivity index (χ0v) is 17.4. The van der Waals surface area contributed by atoms with Crippen LogP contribution in [0.5, 0.6) is 0 Å². The van der Waals surface area contributed by atoms with E-state index in [1.807, 2.05) is 10.8 Å². The number of hydrogen-bond donors (Lipinski definition) is 1. The largest absolute Gasteiger partial charge is 0.417 e. The fourth-order valence-corrected chi connectivity index (χ4v) is 4.55. The lowest BCUT2D eigenvalue weighted by molar-refractivity contribution is -0.137. The Labute approximate surface area is 181 Å². The maximum Gasteiger partial charge on any atom is 0.417 e. The van der Waals surface area contributed by atoms with E-state index in [9.17, 15) is 26.4 Å². The molecule has 164 valence electrons. The molecule has 0 bridgehead atoms. The molecule has 3 rings (SSSR count). The van der Waals surface area contributed by atoms with Crippen molar-refractivity contribution >= 4 is 33.3 Å². The molecule has 1 aliphatic rings. The molecule has 31 heavy (non-hydrogen) atoms. The maximum absolute atomic E-state index is 12.8. The van der Waals surface area contributed by atoms with Crippen LogP contribution in [0.1, 0.15) is 24.0 Å². The Morgan fingerprint density at radius 1 is 1.26 bits per heavy atom. The first-order chi connectivity index (χ1) is 14.5. The zero-order valence-electron chi connectivity index (χ0n) is 15.9. The molecule has 1 aromatic heterocycles. The number of carbonyl (C=O) groups excluding carboxylic acids is 1. The van der Waals surface area contributed by atoms with Gasteiger partial charge in [-0.1, -0.05) is 17.7 Å². The molecule has 0 unspecified atom stereocenters. The van der Waals surface area contributed by atoms with Crippen molar-refractivity contribution in [3.05, 3.63) is 52.7 Å². The number of alkyl halides is 3. The van der Waals surface area contributed by atoms with Crippen LogP contribution in [0.25, 0.3) is 0 Å². The van der Waals surface area contributed by atoms with Gasteiger partial charge in [0, 0.05) is 25.2 Å². The van der Waals surface area contributed by atoms with E-state index in [0.717, 1.165) is 12.1 Å². The van der Waals surface area contributed by atoms with Gasteiger partial charge in [0.2, 0.25) is 5.91 Å². The lowest BCUT2D eigenvalue weighted by Gasteiger charge is -2.32. The van der Waals surface area contributed by atoms with Gasteiger partial charge < -0.3 is 4.90 Å². The van der Waals surface area contributed by atoms with Crippen molar-refractivity contribution < 1.29 is 26.4 Å². The van der Waals surface area contributed by atoms with E-state index < -0.39 is 33.6 Å². The number of nitrogens with zero attached hydrogens (tertiary/aromatic N) is 3. The van der Waals surface area contributed by atoms with E-state index in [4.69, 9.17) is 16.9 Å². The van der Waals surface area contributed by atoms with Gasteiger partial charge in [0.1, 0.15) is 5.82 Å². The molecule has 0 atom stereocenters. The Morgan fingerprint density at radius 2 is 1.94 bits per heavy atom. The summed E-state index contributed by atoms with van der Waals surface area (Å²) in [5.41, 5.74) is -0.814. The monoisotopic (exact) mass is 472 g/mol. The van der Waals surface area contributed by atoms with Gasteiger partial charge in [-0.05, 0) is 37.1 Å². The lowest BCUT2D eigenvalue weighted by atomic mass is 9.96. The predicted octanol–water partition coefficient (Wildman–Crippen LogP) is 3.35. The number of hydrogen-bond acceptors (Lipinski definition) is 6. The van der Waals surface area contributed by atoms with Gasteiger partial charge >= 0.3 is 6.18 Å². The van der Waals surface area contributed by atoms with Crippen LogP contribution in [0, 0.1) is 17.2 Å². The Bertz CT molecular complexity index is 1140. The number of nitrogens with one attached hydrogen (secondary N) is 1. The van der Waals surface area contributed by atoms with Crippen molar-refractivity contribution in [3.8, 4) is 6.07 Å². The number of aromatic nitrogens is 1. The molecule has 0 radical (unpaired) electrons. The summed E-state index contributed by atoms with van der Waals surface area (Å²) in [6.07, 6.45) is -3.34. The van der Waals surface area contributed by atoms with Gasteiger partial charge in [-0.15, -0.1) is 0 Å². The van der Waals surface area contributed by atoms with E-state index in [-0.39, 0.29) is 47.2 Å². The zero-order chi connectivity index (χ0) is 22.8. The number of pyridine rings is 1. The van der Waals surface area contributed by atoms with Gasteiger partial charge in [-0.3, -0.25) is 4.79 Å². The second-order valence-electron chi connectivity index (χ2n) is 6.90. The minimum absolute atomic E-state index is 0.143. The van der Waals surface area contributed by atoms with Crippen molar-refractivity contribution in [2.75, 3.05) is 18.0 Å². The van der Waals surface area contributed by atoms with Crippen molar-refractivity contribution in [1.82, 2.24) is 9.71 Å². The minimum atomic E-state index is -4.56. The molecule has 1 aliphatic heterocycles. The number of piperidine rings is 1. The average molecular weight is 473 g/mol. The van der Waals surface area contributed by atoms with Crippen molar-refractivity contribution in [2.45, 2.75) is 23.9 Å². The molecule has 1 aromatic carbocycles. The highest BCUT2D eigenvalue weighted by molar-refractivity contribution is 7.90. The Hall–Kier alpha value is -2.84. The molecule has 1 amide bonds. The Kier molecular flexibility index (Phi) is 6.43. The molecule has 2 aromatic rings.